The second kappa shape index (κ2) is 5.25. The summed E-state index contributed by atoms with van der Waals surface area (Å²) in [5, 5.41) is 8.57. The van der Waals surface area contributed by atoms with Crippen LogP contribution in [0.5, 0.6) is 0 Å². The van der Waals surface area contributed by atoms with Gasteiger partial charge in [0.2, 0.25) is 0 Å². The zero-order valence-corrected chi connectivity index (χ0v) is 9.91. The lowest BCUT2D eigenvalue weighted by Gasteiger charge is -2.19. The molecule has 0 radical (unpaired) electrons. The fraction of sp³-hybridized carbons (Fsp3) is 0.462. The van der Waals surface area contributed by atoms with E-state index < -0.39 is 11.9 Å². The maximum absolute atomic E-state index is 13.7. The molecule has 0 saturated carbocycles. The van der Waals surface area contributed by atoms with E-state index >= 15 is 0 Å². The molecule has 2 nitrogen and oxygen atoms in total. The molecule has 0 aliphatic rings. The minimum atomic E-state index is -2.85. The molecule has 0 amide bonds. The molecular weight excluding hydrogens is 226 g/mol. The average Bonchev–Trinajstić information content (AvgIpc) is 2.15. The third-order valence-corrected chi connectivity index (χ3v) is 2.40. The van der Waals surface area contributed by atoms with Gasteiger partial charge in [-0.2, -0.15) is 0 Å². The Morgan fingerprint density at radius 1 is 1.29 bits per heavy atom. The van der Waals surface area contributed by atoms with Crippen LogP contribution in [0.3, 0.4) is 0 Å². The molecule has 1 rings (SSSR count). The number of hydrogen-bond acceptors (Lipinski definition) is 1. The molecule has 0 saturated heterocycles. The van der Waals surface area contributed by atoms with Crippen molar-refractivity contribution in [2.24, 2.45) is 5.92 Å². The van der Waals surface area contributed by atoms with Crippen LogP contribution in [0.4, 0.5) is 8.78 Å². The van der Waals surface area contributed by atoms with Crippen molar-refractivity contribution < 1.29 is 18.7 Å². The summed E-state index contributed by atoms with van der Waals surface area (Å²) in [6.45, 7) is 3.49. The zero-order valence-electron chi connectivity index (χ0n) is 9.91. The lowest BCUT2D eigenvalue weighted by molar-refractivity contribution is -0.136. The number of carboxylic acids is 1. The number of halogens is 2. The highest BCUT2D eigenvalue weighted by molar-refractivity contribution is 5.70. The Morgan fingerprint density at radius 3 is 2.24 bits per heavy atom. The predicted molar refractivity (Wildman–Crippen MR) is 61.1 cm³/mol. The molecule has 0 bridgehead atoms. The Labute approximate surface area is 99.3 Å². The molecule has 0 fully saturated rings. The first-order valence-corrected chi connectivity index (χ1v) is 5.50. The van der Waals surface area contributed by atoms with Gasteiger partial charge in [0.25, 0.3) is 5.92 Å². The van der Waals surface area contributed by atoms with Crippen molar-refractivity contribution in [3.8, 4) is 0 Å². The first-order chi connectivity index (χ1) is 7.81. The summed E-state index contributed by atoms with van der Waals surface area (Å²) in [7, 11) is 0. The monoisotopic (exact) mass is 242 g/mol. The van der Waals surface area contributed by atoms with Crippen molar-refractivity contribution in [2.75, 3.05) is 0 Å². The number of carboxylic acid groups (broad SMARTS) is 1. The normalized spacial score (nSPS) is 11.8. The van der Waals surface area contributed by atoms with Crippen molar-refractivity contribution >= 4 is 5.97 Å². The lowest BCUT2D eigenvalue weighted by Crippen LogP contribution is -2.16. The summed E-state index contributed by atoms with van der Waals surface area (Å²) >= 11 is 0. The highest BCUT2D eigenvalue weighted by Gasteiger charge is 2.32. The minimum Gasteiger partial charge on any atom is -0.481 e. The Kier molecular flexibility index (Phi) is 4.21. The van der Waals surface area contributed by atoms with Crippen molar-refractivity contribution in [3.05, 3.63) is 35.4 Å². The molecule has 0 unspecified atom stereocenters. The van der Waals surface area contributed by atoms with Gasteiger partial charge in [0.15, 0.2) is 0 Å². The number of benzene rings is 1. The minimum absolute atomic E-state index is 0.0552. The molecule has 1 aromatic rings. The van der Waals surface area contributed by atoms with E-state index in [0.717, 1.165) is 0 Å². The van der Waals surface area contributed by atoms with Crippen molar-refractivity contribution in [1.29, 1.82) is 0 Å². The molecule has 1 aromatic carbocycles. The second-order valence-electron chi connectivity index (χ2n) is 4.57. The van der Waals surface area contributed by atoms with Crippen LogP contribution >= 0.6 is 0 Å². The SMILES string of the molecule is CC(C)CC(F)(F)c1ccc(CC(=O)O)cc1. The summed E-state index contributed by atoms with van der Waals surface area (Å²) in [5.74, 6) is -3.91. The molecule has 0 aliphatic heterocycles. The first-order valence-electron chi connectivity index (χ1n) is 5.50. The van der Waals surface area contributed by atoms with E-state index in [0.29, 0.717) is 5.56 Å². The summed E-state index contributed by atoms with van der Waals surface area (Å²) in [6.07, 6.45) is -0.346. The van der Waals surface area contributed by atoms with Gasteiger partial charge in [-0.3, -0.25) is 4.79 Å². The molecular formula is C13H16F2O2. The zero-order chi connectivity index (χ0) is 13.1. The molecule has 0 atom stereocenters. The van der Waals surface area contributed by atoms with Gasteiger partial charge in [-0.05, 0) is 11.5 Å². The maximum Gasteiger partial charge on any atom is 0.307 e. The average molecular weight is 242 g/mol. The van der Waals surface area contributed by atoms with Gasteiger partial charge >= 0.3 is 5.97 Å². The maximum atomic E-state index is 13.7. The van der Waals surface area contributed by atoms with Gasteiger partial charge in [0.1, 0.15) is 0 Å². The number of rotatable bonds is 5. The van der Waals surface area contributed by atoms with Crippen LogP contribution in [0.2, 0.25) is 0 Å². The Balaban J connectivity index is 2.82. The van der Waals surface area contributed by atoms with Crippen LogP contribution < -0.4 is 0 Å². The molecule has 94 valence electrons. The molecule has 0 aliphatic carbocycles. The van der Waals surface area contributed by atoms with E-state index in [-0.39, 0.29) is 24.3 Å². The van der Waals surface area contributed by atoms with Gasteiger partial charge in [-0.1, -0.05) is 38.1 Å². The molecule has 4 heteroatoms. The van der Waals surface area contributed by atoms with E-state index in [9.17, 15) is 13.6 Å². The van der Waals surface area contributed by atoms with Gasteiger partial charge in [-0.15, -0.1) is 0 Å². The third-order valence-electron chi connectivity index (χ3n) is 2.40. The molecule has 1 N–H and O–H groups in total. The van der Waals surface area contributed by atoms with Crippen LogP contribution in [0.1, 0.15) is 31.4 Å². The van der Waals surface area contributed by atoms with Gasteiger partial charge in [-0.25, -0.2) is 8.78 Å². The Bertz CT molecular complexity index is 383. The van der Waals surface area contributed by atoms with E-state index in [1.54, 1.807) is 13.8 Å². The molecule has 0 aromatic heterocycles. The van der Waals surface area contributed by atoms with Crippen LogP contribution in [-0.4, -0.2) is 11.1 Å². The quantitative estimate of drug-likeness (QED) is 0.858. The molecule has 0 spiro atoms. The summed E-state index contributed by atoms with van der Waals surface area (Å²) < 4.78 is 27.4. The van der Waals surface area contributed by atoms with Gasteiger partial charge in [0, 0.05) is 12.0 Å². The smallest absolute Gasteiger partial charge is 0.307 e. The van der Waals surface area contributed by atoms with Crippen molar-refractivity contribution in [2.45, 2.75) is 32.6 Å². The second-order valence-corrected chi connectivity index (χ2v) is 4.57. The summed E-state index contributed by atoms with van der Waals surface area (Å²) in [6, 6.07) is 5.50. The third kappa shape index (κ3) is 4.13. The van der Waals surface area contributed by atoms with Crippen molar-refractivity contribution in [1.82, 2.24) is 0 Å². The standard InChI is InChI=1S/C13H16F2O2/c1-9(2)8-13(14,15)11-5-3-10(4-6-11)7-12(16)17/h3-6,9H,7-8H2,1-2H3,(H,16,17). The fourth-order valence-electron chi connectivity index (χ4n) is 1.67. The van der Waals surface area contributed by atoms with E-state index in [1.807, 2.05) is 0 Å². The van der Waals surface area contributed by atoms with Gasteiger partial charge < -0.3 is 5.11 Å². The molecule has 0 heterocycles. The lowest BCUT2D eigenvalue weighted by atomic mass is 9.97. The van der Waals surface area contributed by atoms with E-state index in [4.69, 9.17) is 5.11 Å². The molecule has 17 heavy (non-hydrogen) atoms. The first kappa shape index (κ1) is 13.6. The van der Waals surface area contributed by atoms with E-state index in [1.165, 1.54) is 24.3 Å². The predicted octanol–water partition coefficient (Wildman–Crippen LogP) is 3.45. The van der Waals surface area contributed by atoms with Crippen LogP contribution in [-0.2, 0) is 17.1 Å². The fourth-order valence-corrected chi connectivity index (χ4v) is 1.67. The Hall–Kier alpha value is -1.45. The number of alkyl halides is 2. The number of carbonyl (C=O) groups is 1. The van der Waals surface area contributed by atoms with Crippen LogP contribution in [0, 0.1) is 5.92 Å². The highest BCUT2D eigenvalue weighted by Crippen LogP contribution is 2.34. The van der Waals surface area contributed by atoms with Crippen LogP contribution in [0.15, 0.2) is 24.3 Å². The van der Waals surface area contributed by atoms with Gasteiger partial charge in [0.05, 0.1) is 6.42 Å². The number of aliphatic carboxylic acids is 1. The largest absolute Gasteiger partial charge is 0.481 e. The topological polar surface area (TPSA) is 37.3 Å². The van der Waals surface area contributed by atoms with E-state index in [2.05, 4.69) is 0 Å². The van der Waals surface area contributed by atoms with Crippen LogP contribution in [0.25, 0.3) is 0 Å². The highest BCUT2D eigenvalue weighted by atomic mass is 19.3. The Morgan fingerprint density at radius 2 is 1.82 bits per heavy atom. The number of hydrogen-bond donors (Lipinski definition) is 1. The van der Waals surface area contributed by atoms with Crippen molar-refractivity contribution in [3.63, 3.8) is 0 Å². The summed E-state index contributed by atoms with van der Waals surface area (Å²) in [4.78, 5) is 10.4. The summed E-state index contributed by atoms with van der Waals surface area (Å²) in [5.41, 5.74) is 0.474.